The molecule has 2 nitrogen and oxygen atoms in total. The lowest BCUT2D eigenvalue weighted by Gasteiger charge is -2.12. The van der Waals surface area contributed by atoms with Gasteiger partial charge in [-0.15, -0.1) is 0 Å². The Hall–Kier alpha value is -1.29. The second-order valence-electron chi connectivity index (χ2n) is 5.15. The minimum Gasteiger partial charge on any atom is -0.328 e. The fourth-order valence-corrected chi connectivity index (χ4v) is 1.96. The summed E-state index contributed by atoms with van der Waals surface area (Å²) in [5.41, 5.74) is 5.50. The van der Waals surface area contributed by atoms with Gasteiger partial charge in [-0.2, -0.15) is 0 Å². The first-order valence-corrected chi connectivity index (χ1v) is 6.63. The third-order valence-electron chi connectivity index (χ3n) is 3.26. The molecule has 0 aliphatic carbocycles. The molecule has 0 aliphatic heterocycles. The Morgan fingerprint density at radius 3 is 2.32 bits per heavy atom. The highest BCUT2D eigenvalue weighted by molar-refractivity contribution is 5.83. The summed E-state index contributed by atoms with van der Waals surface area (Å²) in [6.45, 7) is 3.71. The summed E-state index contributed by atoms with van der Waals surface area (Å²) in [5, 5.41) is 0. The number of hydrogen-bond acceptors (Lipinski definition) is 2. The summed E-state index contributed by atoms with van der Waals surface area (Å²) in [6, 6.07) is 3.76. The predicted molar refractivity (Wildman–Crippen MR) is 71.7 cm³/mol. The van der Waals surface area contributed by atoms with Gasteiger partial charge in [-0.3, -0.25) is 4.79 Å². The van der Waals surface area contributed by atoms with E-state index in [2.05, 4.69) is 0 Å². The topological polar surface area (TPSA) is 43.1 Å². The van der Waals surface area contributed by atoms with Crippen molar-refractivity contribution >= 4 is 5.78 Å². The average Bonchev–Trinajstić information content (AvgIpc) is 2.33. The maximum Gasteiger partial charge on any atom is 0.140 e. The van der Waals surface area contributed by atoms with Gasteiger partial charge in [-0.1, -0.05) is 19.4 Å². The zero-order valence-electron chi connectivity index (χ0n) is 11.5. The van der Waals surface area contributed by atoms with E-state index in [1.807, 2.05) is 6.92 Å². The minimum absolute atomic E-state index is 0.117. The quantitative estimate of drug-likeness (QED) is 0.825. The van der Waals surface area contributed by atoms with Crippen molar-refractivity contribution in [2.75, 3.05) is 0 Å². The van der Waals surface area contributed by atoms with E-state index in [-0.39, 0.29) is 29.7 Å². The van der Waals surface area contributed by atoms with Crippen LogP contribution >= 0.6 is 0 Å². The fraction of sp³-hybridized carbons (Fsp3) is 0.533. The zero-order chi connectivity index (χ0) is 14.4. The third-order valence-corrected chi connectivity index (χ3v) is 3.26. The number of ketones is 1. The molecule has 1 aromatic rings. The van der Waals surface area contributed by atoms with Crippen molar-refractivity contribution in [2.24, 2.45) is 11.7 Å². The Labute approximate surface area is 113 Å². The lowest BCUT2D eigenvalue weighted by atomic mass is 9.93. The van der Waals surface area contributed by atoms with Gasteiger partial charge in [0.15, 0.2) is 0 Å². The van der Waals surface area contributed by atoms with Gasteiger partial charge in [0.05, 0.1) is 0 Å². The molecule has 0 fully saturated rings. The highest BCUT2D eigenvalue weighted by atomic mass is 19.1. The zero-order valence-corrected chi connectivity index (χ0v) is 11.5. The van der Waals surface area contributed by atoms with E-state index in [4.69, 9.17) is 5.73 Å². The molecule has 1 aromatic carbocycles. The molecule has 0 heterocycles. The van der Waals surface area contributed by atoms with Crippen LogP contribution in [0.25, 0.3) is 0 Å². The lowest BCUT2D eigenvalue weighted by molar-refractivity contribution is -0.122. The normalized spacial score (nSPS) is 14.2. The van der Waals surface area contributed by atoms with Gasteiger partial charge in [0, 0.05) is 23.9 Å². The SMILES string of the molecule is CC(N)CCCC(C)C(=O)Cc1c(F)cccc1F. The molecule has 0 saturated heterocycles. The van der Waals surface area contributed by atoms with Crippen LogP contribution in [0.15, 0.2) is 18.2 Å². The maximum absolute atomic E-state index is 13.4. The molecule has 0 amide bonds. The van der Waals surface area contributed by atoms with Crippen LogP contribution < -0.4 is 5.73 Å². The first kappa shape index (κ1) is 15.8. The molecule has 0 aromatic heterocycles. The van der Waals surface area contributed by atoms with E-state index in [0.29, 0.717) is 6.42 Å². The van der Waals surface area contributed by atoms with Crippen molar-refractivity contribution in [3.05, 3.63) is 35.4 Å². The van der Waals surface area contributed by atoms with E-state index in [1.165, 1.54) is 18.2 Å². The molecule has 2 unspecified atom stereocenters. The molecule has 2 atom stereocenters. The first-order chi connectivity index (χ1) is 8.91. The standard InChI is InChI=1S/C15H21F2NO/c1-10(5-3-6-11(2)18)15(19)9-12-13(16)7-4-8-14(12)17/h4,7-8,10-11H,3,5-6,9,18H2,1-2H3. The molecule has 1 rings (SSSR count). The van der Waals surface area contributed by atoms with Gasteiger partial charge in [-0.25, -0.2) is 8.78 Å². The Balaban J connectivity index is 2.54. The highest BCUT2D eigenvalue weighted by Crippen LogP contribution is 2.17. The number of carbonyl (C=O) groups is 1. The van der Waals surface area contributed by atoms with Crippen LogP contribution in [0.5, 0.6) is 0 Å². The van der Waals surface area contributed by atoms with Crippen LogP contribution in [0.1, 0.15) is 38.7 Å². The molecule has 2 N–H and O–H groups in total. The molecule has 4 heteroatoms. The minimum atomic E-state index is -0.656. The van der Waals surface area contributed by atoms with E-state index >= 15 is 0 Å². The Kier molecular flexibility index (Phi) is 6.09. The highest BCUT2D eigenvalue weighted by Gasteiger charge is 2.18. The summed E-state index contributed by atoms with van der Waals surface area (Å²) >= 11 is 0. The van der Waals surface area contributed by atoms with Crippen LogP contribution in [-0.4, -0.2) is 11.8 Å². The second-order valence-corrected chi connectivity index (χ2v) is 5.15. The van der Waals surface area contributed by atoms with Gasteiger partial charge in [0.1, 0.15) is 17.4 Å². The Morgan fingerprint density at radius 1 is 1.21 bits per heavy atom. The Bertz CT molecular complexity index is 412. The summed E-state index contributed by atoms with van der Waals surface area (Å²) in [7, 11) is 0. The van der Waals surface area contributed by atoms with Gasteiger partial charge >= 0.3 is 0 Å². The van der Waals surface area contributed by atoms with Gasteiger partial charge < -0.3 is 5.73 Å². The molecular weight excluding hydrogens is 248 g/mol. The van der Waals surface area contributed by atoms with Crippen LogP contribution in [0.3, 0.4) is 0 Å². The van der Waals surface area contributed by atoms with Crippen LogP contribution in [-0.2, 0) is 11.2 Å². The summed E-state index contributed by atoms with van der Waals surface area (Å²) in [5.74, 6) is -1.64. The van der Waals surface area contributed by atoms with Crippen LogP contribution in [0.2, 0.25) is 0 Å². The average molecular weight is 269 g/mol. The molecule has 0 saturated carbocycles. The molecule has 0 spiro atoms. The largest absolute Gasteiger partial charge is 0.328 e. The van der Waals surface area contributed by atoms with E-state index in [1.54, 1.807) is 6.92 Å². The van der Waals surface area contributed by atoms with Crippen molar-refractivity contribution in [1.29, 1.82) is 0 Å². The van der Waals surface area contributed by atoms with Gasteiger partial charge in [-0.05, 0) is 31.9 Å². The monoisotopic (exact) mass is 269 g/mol. The number of benzene rings is 1. The van der Waals surface area contributed by atoms with E-state index in [9.17, 15) is 13.6 Å². The molecule has 106 valence electrons. The van der Waals surface area contributed by atoms with Crippen molar-refractivity contribution in [3.63, 3.8) is 0 Å². The maximum atomic E-state index is 13.4. The van der Waals surface area contributed by atoms with Crippen molar-refractivity contribution < 1.29 is 13.6 Å². The van der Waals surface area contributed by atoms with Crippen molar-refractivity contribution in [3.8, 4) is 0 Å². The molecule has 0 aliphatic rings. The Morgan fingerprint density at radius 2 is 1.79 bits per heavy atom. The summed E-state index contributed by atoms with van der Waals surface area (Å²) in [6.07, 6.45) is 2.23. The van der Waals surface area contributed by atoms with Gasteiger partial charge in [0.2, 0.25) is 0 Å². The summed E-state index contributed by atoms with van der Waals surface area (Å²) < 4.78 is 26.8. The molecule has 19 heavy (non-hydrogen) atoms. The lowest BCUT2D eigenvalue weighted by Crippen LogP contribution is -2.18. The summed E-state index contributed by atoms with van der Waals surface area (Å²) in [4.78, 5) is 11.9. The first-order valence-electron chi connectivity index (χ1n) is 6.63. The molecule has 0 radical (unpaired) electrons. The van der Waals surface area contributed by atoms with Crippen molar-refractivity contribution in [2.45, 2.75) is 45.6 Å². The van der Waals surface area contributed by atoms with E-state index in [0.717, 1.165) is 12.8 Å². The van der Waals surface area contributed by atoms with E-state index < -0.39 is 11.6 Å². The van der Waals surface area contributed by atoms with Gasteiger partial charge in [0.25, 0.3) is 0 Å². The third kappa shape index (κ3) is 5.07. The number of halogens is 2. The fourth-order valence-electron chi connectivity index (χ4n) is 1.96. The van der Waals surface area contributed by atoms with Crippen LogP contribution in [0.4, 0.5) is 8.78 Å². The van der Waals surface area contributed by atoms with Crippen LogP contribution in [0, 0.1) is 17.6 Å². The van der Waals surface area contributed by atoms with Crippen molar-refractivity contribution in [1.82, 2.24) is 0 Å². The number of rotatable bonds is 7. The number of nitrogens with two attached hydrogens (primary N) is 1. The molecular formula is C15H21F2NO. The smallest absolute Gasteiger partial charge is 0.140 e. The number of Topliss-reactive ketones (excluding diaryl/α,β-unsaturated/α-hetero) is 1. The second kappa shape index (κ2) is 7.34. The number of carbonyl (C=O) groups excluding carboxylic acids is 1. The predicted octanol–water partition coefficient (Wildman–Crippen LogP) is 3.23. The molecule has 0 bridgehead atoms. The number of hydrogen-bond donors (Lipinski definition) is 1.